The van der Waals surface area contributed by atoms with E-state index >= 15 is 0 Å². The van der Waals surface area contributed by atoms with E-state index in [1.54, 1.807) is 0 Å². The Morgan fingerprint density at radius 3 is 2.12 bits per heavy atom. The van der Waals surface area contributed by atoms with Crippen LogP contribution in [0.1, 0.15) is 44.1 Å². The average Bonchev–Trinajstić information content (AvgIpc) is 3.12. The van der Waals surface area contributed by atoms with E-state index in [1.165, 1.54) is 25.7 Å². The summed E-state index contributed by atoms with van der Waals surface area (Å²) >= 11 is 0. The maximum Gasteiger partial charge on any atom is 0.225 e. The summed E-state index contributed by atoms with van der Waals surface area (Å²) in [7, 11) is 0. The lowest BCUT2D eigenvalue weighted by Gasteiger charge is -2.34. The van der Waals surface area contributed by atoms with E-state index < -0.39 is 0 Å². The number of piperidine rings is 1. The Morgan fingerprint density at radius 2 is 1.56 bits per heavy atom. The van der Waals surface area contributed by atoms with Crippen LogP contribution >= 0.6 is 0 Å². The molecule has 1 saturated carbocycles. The van der Waals surface area contributed by atoms with Crippen LogP contribution in [0.2, 0.25) is 0 Å². The zero-order valence-corrected chi connectivity index (χ0v) is 14.9. The summed E-state index contributed by atoms with van der Waals surface area (Å²) in [4.78, 5) is 17.5. The van der Waals surface area contributed by atoms with Crippen LogP contribution in [0.3, 0.4) is 0 Å². The molecule has 3 fully saturated rings. The van der Waals surface area contributed by atoms with E-state index in [0.29, 0.717) is 11.5 Å². The van der Waals surface area contributed by atoms with E-state index in [-0.39, 0.29) is 5.92 Å². The van der Waals surface area contributed by atoms with Crippen LogP contribution in [0.15, 0.2) is 24.3 Å². The third kappa shape index (κ3) is 3.38. The normalized spacial score (nSPS) is 27.0. The number of nitriles is 1. The molecule has 1 amide bonds. The van der Waals surface area contributed by atoms with Crippen molar-refractivity contribution < 1.29 is 4.79 Å². The Hall–Kier alpha value is -2.02. The Labute approximate surface area is 150 Å². The summed E-state index contributed by atoms with van der Waals surface area (Å²) in [5.74, 6) is 2.16. The number of benzene rings is 1. The second kappa shape index (κ2) is 7.07. The van der Waals surface area contributed by atoms with Gasteiger partial charge in [-0.2, -0.15) is 5.26 Å². The SMILES string of the molecule is N#Cc1ccc(N2CCC(C(=O)N3CC4CCCCC4C3)CC2)cc1. The van der Waals surface area contributed by atoms with Crippen LogP contribution in [0.5, 0.6) is 0 Å². The first-order chi connectivity index (χ1) is 12.2. The van der Waals surface area contributed by atoms with Crippen LogP contribution in [-0.4, -0.2) is 37.0 Å². The molecule has 25 heavy (non-hydrogen) atoms. The van der Waals surface area contributed by atoms with E-state index in [1.807, 2.05) is 24.3 Å². The van der Waals surface area contributed by atoms with Crippen molar-refractivity contribution in [3.8, 4) is 6.07 Å². The van der Waals surface area contributed by atoms with Crippen molar-refractivity contribution in [1.29, 1.82) is 5.26 Å². The van der Waals surface area contributed by atoms with Gasteiger partial charge in [-0.3, -0.25) is 4.79 Å². The summed E-state index contributed by atoms with van der Waals surface area (Å²) in [6.07, 6.45) is 7.25. The van der Waals surface area contributed by atoms with E-state index in [0.717, 1.165) is 56.5 Å². The van der Waals surface area contributed by atoms with Crippen molar-refractivity contribution in [2.45, 2.75) is 38.5 Å². The summed E-state index contributed by atoms with van der Waals surface area (Å²) in [5, 5.41) is 8.91. The number of likely N-dealkylation sites (tertiary alicyclic amines) is 1. The number of nitrogens with zero attached hydrogens (tertiary/aromatic N) is 3. The van der Waals surface area contributed by atoms with Gasteiger partial charge in [0.25, 0.3) is 0 Å². The first kappa shape index (κ1) is 16.4. The molecule has 0 bridgehead atoms. The predicted octanol–water partition coefficient (Wildman–Crippen LogP) is 3.42. The van der Waals surface area contributed by atoms with Gasteiger partial charge in [-0.25, -0.2) is 0 Å². The number of rotatable bonds is 2. The van der Waals surface area contributed by atoms with Gasteiger partial charge in [0, 0.05) is 37.8 Å². The number of hydrogen-bond donors (Lipinski definition) is 0. The lowest BCUT2D eigenvalue weighted by atomic mass is 9.82. The molecule has 2 aliphatic heterocycles. The van der Waals surface area contributed by atoms with Gasteiger partial charge in [-0.15, -0.1) is 0 Å². The molecular weight excluding hydrogens is 310 g/mol. The number of carbonyl (C=O) groups excluding carboxylic acids is 1. The Balaban J connectivity index is 1.32. The van der Waals surface area contributed by atoms with Crippen LogP contribution in [0, 0.1) is 29.1 Å². The molecule has 0 N–H and O–H groups in total. The molecule has 4 heteroatoms. The van der Waals surface area contributed by atoms with Gasteiger partial charge >= 0.3 is 0 Å². The van der Waals surface area contributed by atoms with Gasteiger partial charge in [-0.1, -0.05) is 12.8 Å². The van der Waals surface area contributed by atoms with E-state index in [2.05, 4.69) is 15.9 Å². The number of anilines is 1. The van der Waals surface area contributed by atoms with Crippen molar-refractivity contribution in [2.75, 3.05) is 31.1 Å². The number of hydrogen-bond acceptors (Lipinski definition) is 3. The second-order valence-electron chi connectivity index (χ2n) is 7.97. The monoisotopic (exact) mass is 337 g/mol. The quantitative estimate of drug-likeness (QED) is 0.831. The number of carbonyl (C=O) groups is 1. The van der Waals surface area contributed by atoms with Crippen molar-refractivity contribution in [1.82, 2.24) is 4.90 Å². The first-order valence-electron chi connectivity index (χ1n) is 9.78. The number of fused-ring (bicyclic) bond motifs is 1. The fourth-order valence-electron chi connectivity index (χ4n) is 4.98. The van der Waals surface area contributed by atoms with Crippen molar-refractivity contribution in [3.63, 3.8) is 0 Å². The van der Waals surface area contributed by atoms with Gasteiger partial charge in [0.05, 0.1) is 11.6 Å². The molecule has 4 rings (SSSR count). The average molecular weight is 337 g/mol. The van der Waals surface area contributed by atoms with Crippen molar-refractivity contribution >= 4 is 11.6 Å². The van der Waals surface area contributed by atoms with Gasteiger partial charge in [-0.05, 0) is 61.8 Å². The lowest BCUT2D eigenvalue weighted by Crippen LogP contribution is -2.42. The molecule has 2 saturated heterocycles. The van der Waals surface area contributed by atoms with Gasteiger partial charge in [0.2, 0.25) is 5.91 Å². The highest BCUT2D eigenvalue weighted by atomic mass is 16.2. The minimum Gasteiger partial charge on any atom is -0.371 e. The minimum atomic E-state index is 0.204. The summed E-state index contributed by atoms with van der Waals surface area (Å²) in [6.45, 7) is 3.89. The molecule has 2 heterocycles. The molecule has 0 aromatic heterocycles. The highest BCUT2D eigenvalue weighted by molar-refractivity contribution is 5.79. The molecule has 1 aromatic rings. The molecule has 132 valence electrons. The van der Waals surface area contributed by atoms with Crippen LogP contribution in [0.25, 0.3) is 0 Å². The Bertz CT molecular complexity index is 641. The highest BCUT2D eigenvalue weighted by Crippen LogP contribution is 2.37. The highest BCUT2D eigenvalue weighted by Gasteiger charge is 2.38. The first-order valence-corrected chi connectivity index (χ1v) is 9.78. The smallest absolute Gasteiger partial charge is 0.225 e. The summed E-state index contributed by atoms with van der Waals surface area (Å²) in [6, 6.07) is 9.95. The van der Waals surface area contributed by atoms with E-state index in [9.17, 15) is 4.79 Å². The molecule has 4 nitrogen and oxygen atoms in total. The van der Waals surface area contributed by atoms with Gasteiger partial charge in [0.1, 0.15) is 0 Å². The summed E-state index contributed by atoms with van der Waals surface area (Å²) in [5.41, 5.74) is 1.86. The van der Waals surface area contributed by atoms with Crippen LogP contribution in [0.4, 0.5) is 5.69 Å². The molecule has 1 aromatic carbocycles. The summed E-state index contributed by atoms with van der Waals surface area (Å²) < 4.78 is 0. The van der Waals surface area contributed by atoms with Crippen LogP contribution in [-0.2, 0) is 4.79 Å². The number of amides is 1. The second-order valence-corrected chi connectivity index (χ2v) is 7.97. The molecule has 0 radical (unpaired) electrons. The maximum atomic E-state index is 12.9. The fourth-order valence-corrected chi connectivity index (χ4v) is 4.98. The molecule has 2 unspecified atom stereocenters. The zero-order chi connectivity index (χ0) is 17.2. The van der Waals surface area contributed by atoms with Gasteiger partial charge < -0.3 is 9.80 Å². The molecule has 1 aliphatic carbocycles. The minimum absolute atomic E-state index is 0.204. The van der Waals surface area contributed by atoms with Crippen molar-refractivity contribution in [3.05, 3.63) is 29.8 Å². The molecule has 2 atom stereocenters. The Morgan fingerprint density at radius 1 is 0.960 bits per heavy atom. The lowest BCUT2D eigenvalue weighted by molar-refractivity contribution is -0.135. The Kier molecular flexibility index (Phi) is 4.65. The molecular formula is C21H27N3O. The zero-order valence-electron chi connectivity index (χ0n) is 14.9. The molecule has 3 aliphatic rings. The van der Waals surface area contributed by atoms with Crippen molar-refractivity contribution in [2.24, 2.45) is 17.8 Å². The fraction of sp³-hybridized carbons (Fsp3) is 0.619. The topological polar surface area (TPSA) is 47.3 Å². The largest absolute Gasteiger partial charge is 0.371 e. The predicted molar refractivity (Wildman–Crippen MR) is 98.1 cm³/mol. The maximum absolute atomic E-state index is 12.9. The van der Waals surface area contributed by atoms with E-state index in [4.69, 9.17) is 5.26 Å². The third-order valence-electron chi connectivity index (χ3n) is 6.49. The van der Waals surface area contributed by atoms with Crippen LogP contribution < -0.4 is 4.90 Å². The van der Waals surface area contributed by atoms with Gasteiger partial charge in [0.15, 0.2) is 0 Å². The third-order valence-corrected chi connectivity index (χ3v) is 6.49. The standard InChI is InChI=1S/C21H27N3O/c22-13-16-5-7-20(8-6-16)23-11-9-17(10-12-23)21(25)24-14-18-3-1-2-4-19(18)15-24/h5-8,17-19H,1-4,9-12,14-15H2. The molecule has 0 spiro atoms.